The molecule has 21 heavy (non-hydrogen) atoms. The molecule has 110 valence electrons. The minimum absolute atomic E-state index is 0.0338. The SMILES string of the molecule is NCC(NC(=O)c1cn[nH]c1-c1ccccc1Cl)C1CC1. The summed E-state index contributed by atoms with van der Waals surface area (Å²) in [6.07, 6.45) is 3.78. The highest BCUT2D eigenvalue weighted by atomic mass is 35.5. The number of benzene rings is 1. The van der Waals surface area contributed by atoms with Crippen molar-refractivity contribution in [2.24, 2.45) is 11.7 Å². The van der Waals surface area contributed by atoms with Gasteiger partial charge in [0.05, 0.1) is 17.5 Å². The topological polar surface area (TPSA) is 83.8 Å². The number of aromatic amines is 1. The number of halogens is 1. The van der Waals surface area contributed by atoms with Crippen LogP contribution in [-0.2, 0) is 0 Å². The summed E-state index contributed by atoms with van der Waals surface area (Å²) in [5.41, 5.74) is 7.61. The number of hydrogen-bond acceptors (Lipinski definition) is 3. The Morgan fingerprint density at radius 3 is 2.90 bits per heavy atom. The molecule has 6 heteroatoms. The van der Waals surface area contributed by atoms with Crippen molar-refractivity contribution in [3.8, 4) is 11.3 Å². The highest BCUT2D eigenvalue weighted by Gasteiger charge is 2.32. The van der Waals surface area contributed by atoms with Gasteiger partial charge in [-0.05, 0) is 24.8 Å². The van der Waals surface area contributed by atoms with Gasteiger partial charge in [-0.3, -0.25) is 9.89 Å². The molecule has 1 atom stereocenters. The van der Waals surface area contributed by atoms with Crippen molar-refractivity contribution in [3.05, 3.63) is 41.0 Å². The van der Waals surface area contributed by atoms with Crippen LogP contribution in [-0.4, -0.2) is 28.7 Å². The fourth-order valence-electron chi connectivity index (χ4n) is 2.44. The lowest BCUT2D eigenvalue weighted by atomic mass is 10.1. The third-order valence-corrected chi connectivity index (χ3v) is 4.12. The van der Waals surface area contributed by atoms with Gasteiger partial charge in [0.1, 0.15) is 0 Å². The molecule has 1 aliphatic carbocycles. The summed E-state index contributed by atoms with van der Waals surface area (Å²) in [5.74, 6) is 0.343. The third kappa shape index (κ3) is 2.94. The molecule has 1 aromatic carbocycles. The van der Waals surface area contributed by atoms with Gasteiger partial charge < -0.3 is 11.1 Å². The van der Waals surface area contributed by atoms with E-state index in [1.54, 1.807) is 6.07 Å². The van der Waals surface area contributed by atoms with E-state index in [4.69, 9.17) is 17.3 Å². The maximum Gasteiger partial charge on any atom is 0.255 e. The molecular formula is C15H17ClN4O. The number of nitrogens with two attached hydrogens (primary N) is 1. The van der Waals surface area contributed by atoms with Gasteiger partial charge in [-0.1, -0.05) is 29.8 Å². The molecule has 4 N–H and O–H groups in total. The fraction of sp³-hybridized carbons (Fsp3) is 0.333. The van der Waals surface area contributed by atoms with Crippen molar-refractivity contribution in [2.45, 2.75) is 18.9 Å². The van der Waals surface area contributed by atoms with Gasteiger partial charge in [-0.15, -0.1) is 0 Å². The zero-order valence-electron chi connectivity index (χ0n) is 11.5. The molecule has 2 aromatic rings. The van der Waals surface area contributed by atoms with Crippen molar-refractivity contribution in [1.29, 1.82) is 0 Å². The summed E-state index contributed by atoms with van der Waals surface area (Å²) in [6, 6.07) is 7.39. The van der Waals surface area contributed by atoms with Gasteiger partial charge >= 0.3 is 0 Å². The van der Waals surface area contributed by atoms with Gasteiger partial charge in [-0.2, -0.15) is 5.10 Å². The summed E-state index contributed by atoms with van der Waals surface area (Å²) in [5, 5.41) is 10.4. The van der Waals surface area contributed by atoms with Crippen LogP contribution in [0.3, 0.4) is 0 Å². The summed E-state index contributed by atoms with van der Waals surface area (Å²) in [4.78, 5) is 12.4. The molecule has 1 saturated carbocycles. The van der Waals surface area contributed by atoms with E-state index >= 15 is 0 Å². The lowest BCUT2D eigenvalue weighted by Crippen LogP contribution is -2.41. The van der Waals surface area contributed by atoms with Gasteiger partial charge in [-0.25, -0.2) is 0 Å². The standard InChI is InChI=1S/C15H17ClN4O/c16-12-4-2-1-3-10(12)14-11(8-18-20-14)15(21)19-13(7-17)9-5-6-9/h1-4,8-9,13H,5-7,17H2,(H,18,20)(H,19,21). The molecule has 1 aromatic heterocycles. The first-order chi connectivity index (χ1) is 10.2. The normalized spacial score (nSPS) is 15.7. The molecule has 0 spiro atoms. The molecule has 3 rings (SSSR count). The van der Waals surface area contributed by atoms with Crippen LogP contribution in [0.25, 0.3) is 11.3 Å². The smallest absolute Gasteiger partial charge is 0.255 e. The molecular weight excluding hydrogens is 288 g/mol. The van der Waals surface area contributed by atoms with Crippen molar-refractivity contribution < 1.29 is 4.79 Å². The van der Waals surface area contributed by atoms with E-state index in [0.29, 0.717) is 28.7 Å². The quantitative estimate of drug-likeness (QED) is 0.792. The van der Waals surface area contributed by atoms with E-state index in [1.165, 1.54) is 6.20 Å². The number of H-pyrrole nitrogens is 1. The number of rotatable bonds is 5. The molecule has 0 bridgehead atoms. The molecule has 0 aliphatic heterocycles. The Hall–Kier alpha value is -1.85. The van der Waals surface area contributed by atoms with Crippen LogP contribution in [0.5, 0.6) is 0 Å². The van der Waals surface area contributed by atoms with Gasteiger partial charge in [0.15, 0.2) is 0 Å². The predicted octanol–water partition coefficient (Wildman–Crippen LogP) is 2.20. The monoisotopic (exact) mass is 304 g/mol. The summed E-state index contributed by atoms with van der Waals surface area (Å²) < 4.78 is 0. The van der Waals surface area contributed by atoms with Gasteiger partial charge in [0.2, 0.25) is 0 Å². The summed E-state index contributed by atoms with van der Waals surface area (Å²) >= 11 is 6.19. The number of carbonyl (C=O) groups excluding carboxylic acids is 1. The molecule has 1 fully saturated rings. The van der Waals surface area contributed by atoms with E-state index in [2.05, 4.69) is 15.5 Å². The van der Waals surface area contributed by atoms with Crippen molar-refractivity contribution in [2.75, 3.05) is 6.54 Å². The molecule has 1 unspecified atom stereocenters. The Labute approximate surface area is 127 Å². The highest BCUT2D eigenvalue weighted by molar-refractivity contribution is 6.33. The highest BCUT2D eigenvalue weighted by Crippen LogP contribution is 2.33. The maximum atomic E-state index is 12.4. The average molecular weight is 305 g/mol. The Morgan fingerprint density at radius 1 is 1.48 bits per heavy atom. The molecule has 0 radical (unpaired) electrons. The van der Waals surface area contributed by atoms with Crippen LogP contribution >= 0.6 is 11.6 Å². The van der Waals surface area contributed by atoms with Gasteiger partial charge in [0, 0.05) is 23.2 Å². The number of nitrogens with one attached hydrogen (secondary N) is 2. The van der Waals surface area contributed by atoms with E-state index < -0.39 is 0 Å². The van der Waals surface area contributed by atoms with E-state index in [1.807, 2.05) is 18.2 Å². The second-order valence-electron chi connectivity index (χ2n) is 5.29. The second-order valence-corrected chi connectivity index (χ2v) is 5.70. The Bertz CT molecular complexity index is 651. The Balaban J connectivity index is 1.85. The van der Waals surface area contributed by atoms with Crippen LogP contribution in [0, 0.1) is 5.92 Å². The zero-order valence-corrected chi connectivity index (χ0v) is 12.2. The van der Waals surface area contributed by atoms with Crippen LogP contribution in [0.15, 0.2) is 30.5 Å². The first kappa shape index (κ1) is 14.1. The van der Waals surface area contributed by atoms with Gasteiger partial charge in [0.25, 0.3) is 5.91 Å². The molecule has 0 saturated heterocycles. The van der Waals surface area contributed by atoms with Crippen LogP contribution in [0.2, 0.25) is 5.02 Å². The van der Waals surface area contributed by atoms with E-state index in [9.17, 15) is 4.79 Å². The van der Waals surface area contributed by atoms with Crippen LogP contribution in [0.4, 0.5) is 0 Å². The first-order valence-electron chi connectivity index (χ1n) is 7.00. The number of nitrogens with zero attached hydrogens (tertiary/aromatic N) is 1. The van der Waals surface area contributed by atoms with Crippen LogP contribution < -0.4 is 11.1 Å². The third-order valence-electron chi connectivity index (χ3n) is 3.79. The summed E-state index contributed by atoms with van der Waals surface area (Å²) in [7, 11) is 0. The predicted molar refractivity (Wildman–Crippen MR) is 82.1 cm³/mol. The van der Waals surface area contributed by atoms with Crippen molar-refractivity contribution >= 4 is 17.5 Å². The Kier molecular flexibility index (Phi) is 3.94. The number of hydrogen-bond donors (Lipinski definition) is 3. The lowest BCUT2D eigenvalue weighted by molar-refractivity contribution is 0.0934. The van der Waals surface area contributed by atoms with Crippen molar-refractivity contribution in [1.82, 2.24) is 15.5 Å². The molecule has 1 heterocycles. The number of aromatic nitrogens is 2. The number of carbonyl (C=O) groups is 1. The molecule has 1 aliphatic rings. The zero-order chi connectivity index (χ0) is 14.8. The second kappa shape index (κ2) is 5.87. The van der Waals surface area contributed by atoms with E-state index in [-0.39, 0.29) is 11.9 Å². The largest absolute Gasteiger partial charge is 0.348 e. The molecule has 1 amide bonds. The fourth-order valence-corrected chi connectivity index (χ4v) is 2.67. The average Bonchev–Trinajstić information content (AvgIpc) is 3.21. The summed E-state index contributed by atoms with van der Waals surface area (Å²) in [6.45, 7) is 0.454. The van der Waals surface area contributed by atoms with E-state index in [0.717, 1.165) is 18.4 Å². The minimum Gasteiger partial charge on any atom is -0.348 e. The van der Waals surface area contributed by atoms with Crippen molar-refractivity contribution in [3.63, 3.8) is 0 Å². The maximum absolute atomic E-state index is 12.4. The van der Waals surface area contributed by atoms with Crippen LogP contribution in [0.1, 0.15) is 23.2 Å². The number of amides is 1. The Morgan fingerprint density at radius 2 is 2.24 bits per heavy atom. The first-order valence-corrected chi connectivity index (χ1v) is 7.37. The lowest BCUT2D eigenvalue weighted by Gasteiger charge is -2.16. The molecule has 5 nitrogen and oxygen atoms in total. The minimum atomic E-state index is -0.166.